The van der Waals surface area contributed by atoms with E-state index >= 15 is 0 Å². The first-order chi connectivity index (χ1) is 21.8. The van der Waals surface area contributed by atoms with Crippen LogP contribution in [-0.2, 0) is 13.1 Å². The smallest absolute Gasteiger partial charge is 0.0608 e. The van der Waals surface area contributed by atoms with Gasteiger partial charge in [0.2, 0.25) is 0 Å². The average molecular weight is 571 g/mol. The SMILES string of the molecule is C(#CCN(CCN(CC#C/C=C/C#Cc1cccnc1)Cc1ccccc1)Cc1ccccc1)/C=C/C#Cc1cccnc1. The maximum Gasteiger partial charge on any atom is 0.0608 e. The largest absolute Gasteiger partial charge is 0.287 e. The van der Waals surface area contributed by atoms with Crippen LogP contribution in [0.3, 0.4) is 0 Å². The summed E-state index contributed by atoms with van der Waals surface area (Å²) < 4.78 is 0. The molecule has 0 amide bonds. The zero-order valence-electron chi connectivity index (χ0n) is 24.7. The Morgan fingerprint density at radius 1 is 0.500 bits per heavy atom. The molecule has 44 heavy (non-hydrogen) atoms. The van der Waals surface area contributed by atoms with E-state index in [0.717, 1.165) is 37.3 Å². The van der Waals surface area contributed by atoms with E-state index in [9.17, 15) is 0 Å². The molecule has 0 aliphatic rings. The number of aromatic nitrogens is 2. The van der Waals surface area contributed by atoms with Crippen molar-refractivity contribution in [2.45, 2.75) is 13.1 Å². The molecule has 0 unspecified atom stereocenters. The summed E-state index contributed by atoms with van der Waals surface area (Å²) in [6.45, 7) is 4.66. The Morgan fingerprint density at radius 3 is 1.34 bits per heavy atom. The molecule has 0 aliphatic carbocycles. The van der Waals surface area contributed by atoms with Crippen molar-refractivity contribution in [3.63, 3.8) is 0 Å². The van der Waals surface area contributed by atoms with E-state index in [2.05, 4.69) is 116 Å². The summed E-state index contributed by atoms with van der Waals surface area (Å²) in [6, 6.07) is 28.7. The second-order valence-corrected chi connectivity index (χ2v) is 9.72. The van der Waals surface area contributed by atoms with Gasteiger partial charge in [0.15, 0.2) is 0 Å². The molecular weight excluding hydrogens is 536 g/mol. The van der Waals surface area contributed by atoms with Crippen molar-refractivity contribution < 1.29 is 0 Å². The van der Waals surface area contributed by atoms with Crippen LogP contribution in [0.25, 0.3) is 0 Å². The Hall–Kier alpha value is -5.62. The van der Waals surface area contributed by atoms with E-state index in [4.69, 9.17) is 0 Å². The summed E-state index contributed by atoms with van der Waals surface area (Å²) in [5.74, 6) is 25.0. The molecule has 0 radical (unpaired) electrons. The minimum Gasteiger partial charge on any atom is -0.287 e. The van der Waals surface area contributed by atoms with Crippen molar-refractivity contribution in [1.29, 1.82) is 0 Å². The summed E-state index contributed by atoms with van der Waals surface area (Å²) in [6.07, 6.45) is 14.1. The molecule has 4 heteroatoms. The number of nitrogens with zero attached hydrogens (tertiary/aromatic N) is 4. The molecule has 2 aromatic carbocycles. The highest BCUT2D eigenvalue weighted by atomic mass is 15.2. The molecule has 0 spiro atoms. The quantitative estimate of drug-likeness (QED) is 0.231. The zero-order chi connectivity index (χ0) is 30.3. The lowest BCUT2D eigenvalue weighted by atomic mass is 10.2. The van der Waals surface area contributed by atoms with Crippen molar-refractivity contribution in [2.75, 3.05) is 26.2 Å². The van der Waals surface area contributed by atoms with Crippen LogP contribution in [0.15, 0.2) is 134 Å². The highest BCUT2D eigenvalue weighted by molar-refractivity contribution is 5.37. The van der Waals surface area contributed by atoms with Crippen molar-refractivity contribution in [1.82, 2.24) is 19.8 Å². The lowest BCUT2D eigenvalue weighted by molar-refractivity contribution is 0.221. The molecule has 4 rings (SSSR count). The average Bonchev–Trinajstić information content (AvgIpc) is 3.07. The van der Waals surface area contributed by atoms with Gasteiger partial charge in [-0.2, -0.15) is 0 Å². The fourth-order valence-electron chi connectivity index (χ4n) is 4.12. The highest BCUT2D eigenvalue weighted by Gasteiger charge is 2.10. The lowest BCUT2D eigenvalue weighted by Gasteiger charge is -2.25. The third-order valence-electron chi connectivity index (χ3n) is 6.30. The summed E-state index contributed by atoms with van der Waals surface area (Å²) in [4.78, 5) is 12.9. The first-order valence-corrected chi connectivity index (χ1v) is 14.5. The maximum absolute atomic E-state index is 4.08. The summed E-state index contributed by atoms with van der Waals surface area (Å²) in [5, 5.41) is 0. The molecule has 4 nitrogen and oxygen atoms in total. The van der Waals surface area contributed by atoms with Gasteiger partial charge in [-0.05, 0) is 59.7 Å². The minimum atomic E-state index is 0.651. The summed E-state index contributed by atoms with van der Waals surface area (Å²) >= 11 is 0. The maximum atomic E-state index is 4.08. The van der Waals surface area contributed by atoms with Gasteiger partial charge in [0.1, 0.15) is 0 Å². The monoisotopic (exact) mass is 570 g/mol. The van der Waals surface area contributed by atoms with Gasteiger partial charge < -0.3 is 0 Å². The van der Waals surface area contributed by atoms with Crippen LogP contribution in [0.2, 0.25) is 0 Å². The molecule has 2 aromatic heterocycles. The molecule has 0 fully saturated rings. The van der Waals surface area contributed by atoms with Crippen LogP contribution in [0, 0.1) is 47.4 Å². The Bertz CT molecular complexity index is 1580. The molecule has 214 valence electrons. The van der Waals surface area contributed by atoms with Crippen molar-refractivity contribution in [2.24, 2.45) is 0 Å². The Labute approximate surface area is 262 Å². The van der Waals surface area contributed by atoms with Gasteiger partial charge in [-0.25, -0.2) is 0 Å². The lowest BCUT2D eigenvalue weighted by Crippen LogP contribution is -2.35. The molecule has 0 aliphatic heterocycles. The van der Waals surface area contributed by atoms with Crippen LogP contribution in [0.1, 0.15) is 22.3 Å². The Kier molecular flexibility index (Phi) is 13.9. The molecule has 4 aromatic rings. The van der Waals surface area contributed by atoms with Gasteiger partial charge >= 0.3 is 0 Å². The van der Waals surface area contributed by atoms with Gasteiger partial charge in [-0.3, -0.25) is 19.8 Å². The molecule has 0 atom stereocenters. The molecule has 0 saturated heterocycles. The number of allylic oxidation sites excluding steroid dienone is 4. The van der Waals surface area contributed by atoms with Crippen LogP contribution in [0.4, 0.5) is 0 Å². The van der Waals surface area contributed by atoms with Crippen molar-refractivity contribution >= 4 is 0 Å². The normalized spacial score (nSPS) is 10.3. The van der Waals surface area contributed by atoms with E-state index < -0.39 is 0 Å². The Balaban J connectivity index is 1.37. The van der Waals surface area contributed by atoms with Crippen molar-refractivity contribution in [3.8, 4) is 47.4 Å². The van der Waals surface area contributed by atoms with Crippen molar-refractivity contribution in [3.05, 3.63) is 156 Å². The second kappa shape index (κ2) is 19.5. The van der Waals surface area contributed by atoms with E-state index in [-0.39, 0.29) is 0 Å². The van der Waals surface area contributed by atoms with E-state index in [1.165, 1.54) is 11.1 Å². The van der Waals surface area contributed by atoms with Gasteiger partial charge in [0.25, 0.3) is 0 Å². The number of pyridine rings is 2. The third kappa shape index (κ3) is 12.9. The van der Waals surface area contributed by atoms with Crippen LogP contribution >= 0.6 is 0 Å². The minimum absolute atomic E-state index is 0.651. The Morgan fingerprint density at radius 2 is 0.932 bits per heavy atom. The fourth-order valence-corrected chi connectivity index (χ4v) is 4.12. The van der Waals surface area contributed by atoms with Gasteiger partial charge in [-0.1, -0.05) is 108 Å². The van der Waals surface area contributed by atoms with E-state index in [0.29, 0.717) is 13.1 Å². The highest BCUT2D eigenvalue weighted by Crippen LogP contribution is 2.07. The van der Waals surface area contributed by atoms with Gasteiger partial charge in [0.05, 0.1) is 13.1 Å². The topological polar surface area (TPSA) is 32.3 Å². The van der Waals surface area contributed by atoms with Crippen LogP contribution in [-0.4, -0.2) is 45.9 Å². The molecule has 0 bridgehead atoms. The summed E-state index contributed by atoms with van der Waals surface area (Å²) in [5.41, 5.74) is 4.29. The van der Waals surface area contributed by atoms with Gasteiger partial charge in [0, 0.05) is 62.1 Å². The van der Waals surface area contributed by atoms with E-state index in [1.54, 1.807) is 49.1 Å². The summed E-state index contributed by atoms with van der Waals surface area (Å²) in [7, 11) is 0. The number of hydrogen-bond acceptors (Lipinski definition) is 4. The molecular formula is C40H34N4. The number of hydrogen-bond donors (Lipinski definition) is 0. The number of benzene rings is 2. The predicted molar refractivity (Wildman–Crippen MR) is 179 cm³/mol. The molecule has 2 heterocycles. The predicted octanol–water partition coefficient (Wildman–Crippen LogP) is 6.00. The molecule has 0 N–H and O–H groups in total. The second-order valence-electron chi connectivity index (χ2n) is 9.72. The fraction of sp³-hybridized carbons (Fsp3) is 0.150. The van der Waals surface area contributed by atoms with Crippen LogP contribution < -0.4 is 0 Å². The van der Waals surface area contributed by atoms with Gasteiger partial charge in [-0.15, -0.1) is 0 Å². The zero-order valence-corrected chi connectivity index (χ0v) is 24.7. The first kappa shape index (κ1) is 31.3. The standard InChI is InChI=1S/C40H34N4/c1(3-9-19-37-25-17-27-41-33-37)5-15-29-43(35-39-21-11-7-12-22-39)31-32-44(36-40-23-13-8-14-24-40)30-16-6-2-4-10-20-38-26-18-28-42-34-38/h1-4,7-8,11-14,17-18,21-28,33-34H,29-32,35-36H2/b3-1+,4-2+. The first-order valence-electron chi connectivity index (χ1n) is 14.5. The third-order valence-corrected chi connectivity index (χ3v) is 6.30. The van der Waals surface area contributed by atoms with Crippen LogP contribution in [0.5, 0.6) is 0 Å². The number of rotatable bonds is 9. The van der Waals surface area contributed by atoms with E-state index in [1.807, 2.05) is 36.4 Å². The molecule has 0 saturated carbocycles.